The number of fused-ring (bicyclic) bond motifs is 2. The van der Waals surface area contributed by atoms with Crippen LogP contribution in [0.3, 0.4) is 0 Å². The minimum atomic E-state index is -0.284. The Kier molecular flexibility index (Phi) is 5.93. The van der Waals surface area contributed by atoms with Gasteiger partial charge in [0.2, 0.25) is 12.4 Å². The minimum absolute atomic E-state index is 0.196. The molecule has 176 valence electrons. The minimum Gasteiger partial charge on any atom is -0.454 e. The van der Waals surface area contributed by atoms with E-state index in [1.165, 1.54) is 0 Å². The Labute approximate surface area is 201 Å². The van der Waals surface area contributed by atoms with Crippen LogP contribution in [0.25, 0.3) is 17.1 Å². The van der Waals surface area contributed by atoms with Gasteiger partial charge < -0.3 is 14.8 Å². The monoisotopic (exact) mass is 468 g/mol. The molecule has 5 rings (SSSR count). The standard InChI is InChI=1S/C27H24N4O4/c1-3-30-22-11-10-20(25(32)29-15-19-9-12-23-24(13-19)35-17-34-23)14-21(22)26(33)31(27(30)28-2)16-18-7-5-4-6-8-18/h3-14H,1,15-17H2,2H3,(H,29,32). The molecule has 1 aliphatic heterocycles. The molecule has 0 unspecified atom stereocenters. The molecule has 8 heteroatoms. The van der Waals surface area contributed by atoms with Crippen LogP contribution in [0.1, 0.15) is 21.5 Å². The Morgan fingerprint density at radius 2 is 1.86 bits per heavy atom. The van der Waals surface area contributed by atoms with Gasteiger partial charge in [-0.25, -0.2) is 0 Å². The molecule has 8 nitrogen and oxygen atoms in total. The summed E-state index contributed by atoms with van der Waals surface area (Å²) in [6.07, 6.45) is 1.62. The predicted octanol–water partition coefficient (Wildman–Crippen LogP) is 3.14. The van der Waals surface area contributed by atoms with Crippen LogP contribution in [-0.4, -0.2) is 28.9 Å². The smallest absolute Gasteiger partial charge is 0.263 e. The Morgan fingerprint density at radius 3 is 2.63 bits per heavy atom. The summed E-state index contributed by atoms with van der Waals surface area (Å²) in [4.78, 5) is 30.8. The van der Waals surface area contributed by atoms with Crippen LogP contribution in [0.15, 0.2) is 83.1 Å². The molecule has 35 heavy (non-hydrogen) atoms. The zero-order chi connectivity index (χ0) is 24.4. The molecule has 1 aliphatic rings. The molecule has 0 bridgehead atoms. The van der Waals surface area contributed by atoms with Gasteiger partial charge in [-0.2, -0.15) is 0 Å². The van der Waals surface area contributed by atoms with Crippen molar-refractivity contribution in [3.05, 3.63) is 106 Å². The third-order valence-corrected chi connectivity index (χ3v) is 5.91. The second-order valence-electron chi connectivity index (χ2n) is 8.06. The Bertz CT molecular complexity index is 1570. The molecule has 2 heterocycles. The molecule has 3 aromatic carbocycles. The van der Waals surface area contributed by atoms with Crippen molar-refractivity contribution >= 4 is 23.0 Å². The quantitative estimate of drug-likeness (QED) is 0.471. The highest BCUT2D eigenvalue weighted by Gasteiger charge is 2.16. The van der Waals surface area contributed by atoms with Crippen LogP contribution in [-0.2, 0) is 13.1 Å². The molecule has 0 radical (unpaired) electrons. The number of amides is 1. The van der Waals surface area contributed by atoms with Crippen LogP contribution < -0.4 is 26.0 Å². The molecule has 0 saturated heterocycles. The van der Waals surface area contributed by atoms with Crippen molar-refractivity contribution in [1.82, 2.24) is 14.5 Å². The van der Waals surface area contributed by atoms with Crippen LogP contribution in [0.5, 0.6) is 11.5 Å². The van der Waals surface area contributed by atoms with Gasteiger partial charge in [-0.15, -0.1) is 0 Å². The van der Waals surface area contributed by atoms with E-state index in [1.807, 2.05) is 48.5 Å². The van der Waals surface area contributed by atoms with Gasteiger partial charge in [0.25, 0.3) is 11.5 Å². The zero-order valence-electron chi connectivity index (χ0n) is 19.2. The van der Waals surface area contributed by atoms with Crippen molar-refractivity contribution < 1.29 is 14.3 Å². The van der Waals surface area contributed by atoms with Crippen molar-refractivity contribution in [2.24, 2.45) is 4.99 Å². The van der Waals surface area contributed by atoms with Gasteiger partial charge in [0.15, 0.2) is 11.5 Å². The highest BCUT2D eigenvalue weighted by molar-refractivity contribution is 5.98. The van der Waals surface area contributed by atoms with Crippen LogP contribution >= 0.6 is 0 Å². The molecular formula is C27H24N4O4. The highest BCUT2D eigenvalue weighted by atomic mass is 16.7. The lowest BCUT2D eigenvalue weighted by atomic mass is 10.1. The van der Waals surface area contributed by atoms with Crippen molar-refractivity contribution in [3.63, 3.8) is 0 Å². The second kappa shape index (κ2) is 9.34. The maximum absolute atomic E-state index is 13.5. The zero-order valence-corrected chi connectivity index (χ0v) is 19.2. The lowest BCUT2D eigenvalue weighted by Crippen LogP contribution is -2.40. The summed E-state index contributed by atoms with van der Waals surface area (Å²) >= 11 is 0. The summed E-state index contributed by atoms with van der Waals surface area (Å²) in [5.74, 6) is 1.07. The highest BCUT2D eigenvalue weighted by Crippen LogP contribution is 2.32. The summed E-state index contributed by atoms with van der Waals surface area (Å²) in [6, 6.07) is 20.3. The van der Waals surface area contributed by atoms with Gasteiger partial charge in [-0.3, -0.25) is 23.7 Å². The molecule has 0 atom stereocenters. The largest absolute Gasteiger partial charge is 0.454 e. The Balaban J connectivity index is 1.49. The number of carbonyl (C=O) groups is 1. The maximum Gasteiger partial charge on any atom is 0.263 e. The van der Waals surface area contributed by atoms with Gasteiger partial charge in [0, 0.05) is 25.4 Å². The second-order valence-corrected chi connectivity index (χ2v) is 8.06. The third kappa shape index (κ3) is 4.21. The van der Waals surface area contributed by atoms with E-state index in [1.54, 1.807) is 40.6 Å². The molecule has 0 aliphatic carbocycles. The summed E-state index contributed by atoms with van der Waals surface area (Å²) in [5, 5.41) is 3.31. The summed E-state index contributed by atoms with van der Waals surface area (Å²) < 4.78 is 14.1. The van der Waals surface area contributed by atoms with Crippen LogP contribution in [0, 0.1) is 0 Å². The first-order valence-corrected chi connectivity index (χ1v) is 11.1. The molecule has 1 amide bonds. The molecular weight excluding hydrogens is 444 g/mol. The van der Waals surface area contributed by atoms with Crippen molar-refractivity contribution in [3.8, 4) is 11.5 Å². The van der Waals surface area contributed by atoms with Gasteiger partial charge in [0.1, 0.15) is 0 Å². The predicted molar refractivity (Wildman–Crippen MR) is 133 cm³/mol. The molecule has 0 spiro atoms. The fourth-order valence-electron chi connectivity index (χ4n) is 4.18. The normalized spacial score (nSPS) is 12.7. The third-order valence-electron chi connectivity index (χ3n) is 5.91. The van der Waals surface area contributed by atoms with Crippen molar-refractivity contribution in [2.75, 3.05) is 13.8 Å². The number of ether oxygens (including phenoxy) is 2. The first kappa shape index (κ1) is 22.2. The summed E-state index contributed by atoms with van der Waals surface area (Å²) in [7, 11) is 1.64. The molecule has 0 saturated carbocycles. The molecule has 4 aromatic rings. The van der Waals surface area contributed by atoms with Gasteiger partial charge >= 0.3 is 0 Å². The first-order chi connectivity index (χ1) is 17.1. The number of benzene rings is 3. The number of rotatable bonds is 6. The van der Waals surface area contributed by atoms with E-state index >= 15 is 0 Å². The van der Waals surface area contributed by atoms with Gasteiger partial charge in [-0.1, -0.05) is 43.0 Å². The van der Waals surface area contributed by atoms with E-state index in [9.17, 15) is 9.59 Å². The number of nitrogens with one attached hydrogen (secondary N) is 1. The SMILES string of the molecule is C=Cn1c(=NC)n(Cc2ccccc2)c(=O)c2cc(C(=O)NCc3ccc4c(c3)OCO4)ccc21. The van der Waals surface area contributed by atoms with E-state index in [0.29, 0.717) is 46.7 Å². The van der Waals surface area contributed by atoms with E-state index < -0.39 is 0 Å². The maximum atomic E-state index is 13.5. The van der Waals surface area contributed by atoms with Crippen LogP contribution in [0.2, 0.25) is 0 Å². The number of hydrogen-bond donors (Lipinski definition) is 1. The van der Waals surface area contributed by atoms with E-state index in [0.717, 1.165) is 11.1 Å². The average molecular weight is 469 g/mol. The average Bonchev–Trinajstić information content (AvgIpc) is 3.37. The molecule has 1 N–H and O–H groups in total. The van der Waals surface area contributed by atoms with E-state index in [-0.39, 0.29) is 18.3 Å². The topological polar surface area (TPSA) is 86.9 Å². The summed E-state index contributed by atoms with van der Waals surface area (Å²) in [5.41, 5.74) is 3.11. The number of carbonyl (C=O) groups excluding carboxylic acids is 1. The summed E-state index contributed by atoms with van der Waals surface area (Å²) in [6.45, 7) is 4.75. The van der Waals surface area contributed by atoms with Crippen molar-refractivity contribution in [2.45, 2.75) is 13.1 Å². The fourth-order valence-corrected chi connectivity index (χ4v) is 4.18. The Hall–Kier alpha value is -4.59. The van der Waals surface area contributed by atoms with E-state index in [4.69, 9.17) is 9.47 Å². The van der Waals surface area contributed by atoms with E-state index in [2.05, 4.69) is 16.9 Å². The number of aromatic nitrogens is 2. The van der Waals surface area contributed by atoms with Crippen molar-refractivity contribution in [1.29, 1.82) is 0 Å². The fraction of sp³-hybridized carbons (Fsp3) is 0.148. The molecule has 1 aromatic heterocycles. The van der Waals surface area contributed by atoms with Gasteiger partial charge in [0.05, 0.1) is 17.4 Å². The number of nitrogens with zero attached hydrogens (tertiary/aromatic N) is 3. The molecule has 0 fully saturated rings. The number of hydrogen-bond acceptors (Lipinski definition) is 5. The van der Waals surface area contributed by atoms with Gasteiger partial charge in [-0.05, 0) is 41.5 Å². The lowest BCUT2D eigenvalue weighted by molar-refractivity contribution is 0.0951. The Morgan fingerprint density at radius 1 is 1.06 bits per heavy atom. The van der Waals surface area contributed by atoms with Crippen LogP contribution in [0.4, 0.5) is 0 Å². The lowest BCUT2D eigenvalue weighted by Gasteiger charge is -2.15. The first-order valence-electron chi connectivity index (χ1n) is 11.1.